The highest BCUT2D eigenvalue weighted by Gasteiger charge is 2.30. The zero-order chi connectivity index (χ0) is 17.2. The Balaban J connectivity index is 1.58. The van der Waals surface area contributed by atoms with E-state index in [1.165, 1.54) is 17.4 Å². The van der Waals surface area contributed by atoms with Gasteiger partial charge >= 0.3 is 0 Å². The number of nitrogens with one attached hydrogen (secondary N) is 1. The number of carbonyl (C=O) groups is 1. The van der Waals surface area contributed by atoms with Gasteiger partial charge in [-0.1, -0.05) is 24.3 Å². The molecule has 5 nitrogen and oxygen atoms in total. The number of carbonyl (C=O) groups excluding carboxylic acids is 1. The van der Waals surface area contributed by atoms with E-state index in [0.717, 1.165) is 19.5 Å². The van der Waals surface area contributed by atoms with Crippen molar-refractivity contribution in [1.82, 2.24) is 10.2 Å². The fraction of sp³-hybridized carbons (Fsp3) is 0.421. The third-order valence-electron chi connectivity index (χ3n) is 4.75. The molecule has 2 atom stereocenters. The fourth-order valence-corrected chi connectivity index (χ4v) is 3.09. The smallest absolute Gasteiger partial charge is 0.237 e. The summed E-state index contributed by atoms with van der Waals surface area (Å²) in [6.45, 7) is 5.30. The van der Waals surface area contributed by atoms with Crippen LogP contribution in [0.4, 0.5) is 0 Å². The maximum absolute atomic E-state index is 12.5. The summed E-state index contributed by atoms with van der Waals surface area (Å²) in [6, 6.07) is 11.5. The van der Waals surface area contributed by atoms with Crippen molar-refractivity contribution in [2.45, 2.75) is 38.5 Å². The first-order valence-electron chi connectivity index (χ1n) is 8.32. The maximum Gasteiger partial charge on any atom is 0.237 e. The molecule has 0 aliphatic carbocycles. The number of nitrogens with zero attached hydrogens (tertiary/aromatic N) is 1. The fourth-order valence-electron chi connectivity index (χ4n) is 3.09. The van der Waals surface area contributed by atoms with Crippen molar-refractivity contribution in [2.24, 2.45) is 0 Å². The first kappa shape index (κ1) is 16.7. The minimum absolute atomic E-state index is 0.0822. The van der Waals surface area contributed by atoms with Gasteiger partial charge in [-0.15, -0.1) is 0 Å². The van der Waals surface area contributed by atoms with Crippen LogP contribution in [0.1, 0.15) is 30.7 Å². The van der Waals surface area contributed by atoms with Gasteiger partial charge in [0.15, 0.2) is 0 Å². The number of aliphatic hydroxyl groups is 1. The van der Waals surface area contributed by atoms with Gasteiger partial charge in [-0.2, -0.15) is 0 Å². The Morgan fingerprint density at radius 3 is 2.79 bits per heavy atom. The van der Waals surface area contributed by atoms with E-state index >= 15 is 0 Å². The Kier molecular flexibility index (Phi) is 4.73. The number of fused-ring (bicyclic) bond motifs is 1. The van der Waals surface area contributed by atoms with Crippen LogP contribution in [-0.4, -0.2) is 35.0 Å². The summed E-state index contributed by atoms with van der Waals surface area (Å²) in [5.74, 6) is 0.364. The van der Waals surface area contributed by atoms with E-state index in [1.54, 1.807) is 19.1 Å². The molecule has 0 saturated carbocycles. The second-order valence-electron chi connectivity index (χ2n) is 6.63. The van der Waals surface area contributed by atoms with Crippen LogP contribution in [-0.2, 0) is 23.4 Å². The number of benzene rings is 1. The molecule has 1 aromatic carbocycles. The van der Waals surface area contributed by atoms with Crippen LogP contribution in [0.3, 0.4) is 0 Å². The quantitative estimate of drug-likeness (QED) is 0.882. The molecule has 1 aromatic heterocycles. The Hall–Kier alpha value is -2.11. The number of hydrogen-bond donors (Lipinski definition) is 2. The predicted molar refractivity (Wildman–Crippen MR) is 91.3 cm³/mol. The molecule has 3 rings (SSSR count). The molecule has 1 amide bonds. The molecule has 2 N–H and O–H groups in total. The second-order valence-corrected chi connectivity index (χ2v) is 6.63. The highest BCUT2D eigenvalue weighted by Crippen LogP contribution is 2.22. The van der Waals surface area contributed by atoms with Crippen molar-refractivity contribution >= 4 is 5.91 Å². The molecule has 0 radical (unpaired) electrons. The lowest BCUT2D eigenvalue weighted by molar-refractivity contribution is -0.127. The van der Waals surface area contributed by atoms with Gasteiger partial charge in [-0.05, 0) is 43.5 Å². The van der Waals surface area contributed by atoms with Crippen LogP contribution in [0.2, 0.25) is 0 Å². The van der Waals surface area contributed by atoms with Crippen LogP contribution < -0.4 is 5.32 Å². The molecule has 128 valence electrons. The molecule has 0 saturated heterocycles. The SMILES string of the molecule is CC(C(=O)NCC(C)(O)c1ccco1)N1CCc2ccccc2C1. The molecule has 2 unspecified atom stereocenters. The molecular weight excluding hydrogens is 304 g/mol. The standard InChI is InChI=1S/C19H24N2O3/c1-14(21-10-9-15-6-3-4-7-16(15)12-21)18(22)20-13-19(2,23)17-8-5-11-24-17/h3-8,11,14,23H,9-10,12-13H2,1-2H3,(H,20,22). The summed E-state index contributed by atoms with van der Waals surface area (Å²) in [6.07, 6.45) is 2.47. The van der Waals surface area contributed by atoms with Gasteiger partial charge in [0.2, 0.25) is 5.91 Å². The van der Waals surface area contributed by atoms with E-state index in [2.05, 4.69) is 28.4 Å². The minimum Gasteiger partial charge on any atom is -0.466 e. The second kappa shape index (κ2) is 6.79. The maximum atomic E-state index is 12.5. The average Bonchev–Trinajstić information content (AvgIpc) is 3.14. The lowest BCUT2D eigenvalue weighted by Crippen LogP contribution is -2.49. The van der Waals surface area contributed by atoms with Crippen LogP contribution in [0.15, 0.2) is 47.1 Å². The molecule has 5 heteroatoms. The van der Waals surface area contributed by atoms with Crippen molar-refractivity contribution in [1.29, 1.82) is 0 Å². The highest BCUT2D eigenvalue weighted by molar-refractivity contribution is 5.81. The number of hydrogen-bond acceptors (Lipinski definition) is 4. The van der Waals surface area contributed by atoms with E-state index < -0.39 is 5.60 Å². The summed E-state index contributed by atoms with van der Waals surface area (Å²) in [5.41, 5.74) is 1.43. The largest absolute Gasteiger partial charge is 0.466 e. The third kappa shape index (κ3) is 3.52. The van der Waals surface area contributed by atoms with Crippen molar-refractivity contribution in [3.63, 3.8) is 0 Å². The molecule has 2 heterocycles. The topological polar surface area (TPSA) is 65.7 Å². The third-order valence-corrected chi connectivity index (χ3v) is 4.75. The average molecular weight is 328 g/mol. The van der Waals surface area contributed by atoms with Gasteiger partial charge in [0.1, 0.15) is 11.4 Å². The lowest BCUT2D eigenvalue weighted by atomic mass is 9.98. The molecular formula is C19H24N2O3. The lowest BCUT2D eigenvalue weighted by Gasteiger charge is -2.33. The molecule has 0 bridgehead atoms. The first-order valence-corrected chi connectivity index (χ1v) is 8.32. The van der Waals surface area contributed by atoms with Crippen LogP contribution in [0.5, 0.6) is 0 Å². The van der Waals surface area contributed by atoms with E-state index in [0.29, 0.717) is 5.76 Å². The Morgan fingerprint density at radius 1 is 1.33 bits per heavy atom. The summed E-state index contributed by atoms with van der Waals surface area (Å²) in [5, 5.41) is 13.3. The summed E-state index contributed by atoms with van der Waals surface area (Å²) < 4.78 is 5.23. The van der Waals surface area contributed by atoms with Crippen LogP contribution >= 0.6 is 0 Å². The number of rotatable bonds is 5. The highest BCUT2D eigenvalue weighted by atomic mass is 16.4. The van der Waals surface area contributed by atoms with Crippen LogP contribution in [0.25, 0.3) is 0 Å². The monoisotopic (exact) mass is 328 g/mol. The van der Waals surface area contributed by atoms with Gasteiger partial charge < -0.3 is 14.8 Å². The molecule has 2 aromatic rings. The van der Waals surface area contributed by atoms with Crippen molar-refractivity contribution < 1.29 is 14.3 Å². The van der Waals surface area contributed by atoms with Crippen molar-refractivity contribution in [3.05, 3.63) is 59.5 Å². The zero-order valence-corrected chi connectivity index (χ0v) is 14.2. The summed E-state index contributed by atoms with van der Waals surface area (Å²) in [7, 11) is 0. The van der Waals surface area contributed by atoms with E-state index in [-0.39, 0.29) is 18.5 Å². The van der Waals surface area contributed by atoms with E-state index in [1.807, 2.05) is 13.0 Å². The predicted octanol–water partition coefficient (Wildman–Crippen LogP) is 2.05. The molecule has 0 fully saturated rings. The minimum atomic E-state index is -1.21. The number of amides is 1. The van der Waals surface area contributed by atoms with Gasteiger partial charge in [0.05, 0.1) is 18.8 Å². The Bertz CT molecular complexity index is 694. The molecule has 1 aliphatic rings. The molecule has 0 spiro atoms. The summed E-state index contributed by atoms with van der Waals surface area (Å²) in [4.78, 5) is 14.6. The normalized spacial score (nSPS) is 18.5. The first-order chi connectivity index (χ1) is 11.5. The van der Waals surface area contributed by atoms with E-state index in [4.69, 9.17) is 4.42 Å². The van der Waals surface area contributed by atoms with E-state index in [9.17, 15) is 9.90 Å². The Labute approximate surface area is 142 Å². The molecule has 24 heavy (non-hydrogen) atoms. The van der Waals surface area contributed by atoms with Gasteiger partial charge in [-0.3, -0.25) is 9.69 Å². The van der Waals surface area contributed by atoms with Crippen molar-refractivity contribution in [3.8, 4) is 0 Å². The van der Waals surface area contributed by atoms with Crippen LogP contribution in [0, 0.1) is 0 Å². The number of furan rings is 1. The molecule has 1 aliphatic heterocycles. The van der Waals surface area contributed by atoms with Gasteiger partial charge in [0.25, 0.3) is 0 Å². The Morgan fingerprint density at radius 2 is 2.08 bits per heavy atom. The van der Waals surface area contributed by atoms with Gasteiger partial charge in [0, 0.05) is 13.1 Å². The zero-order valence-electron chi connectivity index (χ0n) is 14.2. The van der Waals surface area contributed by atoms with Crippen molar-refractivity contribution in [2.75, 3.05) is 13.1 Å². The van der Waals surface area contributed by atoms with Gasteiger partial charge in [-0.25, -0.2) is 0 Å². The summed E-state index contributed by atoms with van der Waals surface area (Å²) >= 11 is 0.